The Bertz CT molecular complexity index is 1320. The second-order valence-electron chi connectivity index (χ2n) is 9.80. The number of aromatic carboxylic acids is 1. The number of aryl methyl sites for hydroxylation is 2. The number of hydrogen-bond acceptors (Lipinski definition) is 5. The van der Waals surface area contributed by atoms with Gasteiger partial charge in [-0.3, -0.25) is 0 Å². The minimum Gasteiger partial charge on any atom is -0.478 e. The van der Waals surface area contributed by atoms with Gasteiger partial charge in [0.05, 0.1) is 22.6 Å². The van der Waals surface area contributed by atoms with Crippen molar-refractivity contribution in [3.63, 3.8) is 0 Å². The van der Waals surface area contributed by atoms with Crippen LogP contribution < -0.4 is 5.46 Å². The maximum Gasteiger partial charge on any atom is 0.495 e. The van der Waals surface area contributed by atoms with Crippen LogP contribution in [0.5, 0.6) is 0 Å². The van der Waals surface area contributed by atoms with Crippen molar-refractivity contribution in [1.29, 1.82) is 0 Å². The van der Waals surface area contributed by atoms with Gasteiger partial charge in [0.2, 0.25) is 0 Å². The van der Waals surface area contributed by atoms with Crippen molar-refractivity contribution in [2.24, 2.45) is 0 Å². The topological polar surface area (TPSA) is 86.5 Å². The Hall–Kier alpha value is -3.18. The number of aromatic nitrogens is 3. The van der Waals surface area contributed by atoms with Gasteiger partial charge in [0.25, 0.3) is 0 Å². The van der Waals surface area contributed by atoms with Crippen LogP contribution in [0, 0.1) is 6.92 Å². The highest BCUT2D eigenvalue weighted by Gasteiger charge is 2.52. The Labute approximate surface area is 207 Å². The fourth-order valence-electron chi connectivity index (χ4n) is 4.12. The van der Waals surface area contributed by atoms with Crippen LogP contribution in [0.4, 0.5) is 13.2 Å². The maximum absolute atomic E-state index is 14.0. The fraction of sp³-hybridized carbons (Fsp3) is 0.400. The summed E-state index contributed by atoms with van der Waals surface area (Å²) in [7, 11) is -0.711. The zero-order valence-corrected chi connectivity index (χ0v) is 20.9. The Morgan fingerprint density at radius 3 is 2.31 bits per heavy atom. The molecule has 0 radical (unpaired) electrons. The van der Waals surface area contributed by atoms with E-state index >= 15 is 0 Å². The summed E-state index contributed by atoms with van der Waals surface area (Å²) < 4.78 is 55.0. The van der Waals surface area contributed by atoms with Crippen molar-refractivity contribution in [2.45, 2.75) is 65.3 Å². The predicted octanol–water partition coefficient (Wildman–Crippen LogP) is 4.82. The van der Waals surface area contributed by atoms with Crippen LogP contribution in [0.25, 0.3) is 17.1 Å². The predicted molar refractivity (Wildman–Crippen MR) is 129 cm³/mol. The third-order valence-electron chi connectivity index (χ3n) is 6.72. The van der Waals surface area contributed by atoms with E-state index in [-0.39, 0.29) is 17.9 Å². The summed E-state index contributed by atoms with van der Waals surface area (Å²) in [6.45, 7) is 11.2. The molecule has 0 spiro atoms. The molecule has 11 heteroatoms. The second kappa shape index (κ2) is 8.74. The molecule has 1 saturated heterocycles. The number of rotatable bonds is 5. The normalized spacial score (nSPS) is 17.0. The monoisotopic (exact) mass is 501 g/mol. The van der Waals surface area contributed by atoms with E-state index in [9.17, 15) is 23.1 Å². The lowest BCUT2D eigenvalue weighted by Crippen LogP contribution is -2.41. The average Bonchev–Trinajstić information content (AvgIpc) is 3.28. The number of hydrogen-bond donors (Lipinski definition) is 1. The van der Waals surface area contributed by atoms with E-state index in [0.717, 1.165) is 5.56 Å². The van der Waals surface area contributed by atoms with Gasteiger partial charge in [-0.1, -0.05) is 36.8 Å². The van der Waals surface area contributed by atoms with Crippen molar-refractivity contribution < 1.29 is 32.4 Å². The van der Waals surface area contributed by atoms with Crippen molar-refractivity contribution in [3.8, 4) is 17.1 Å². The van der Waals surface area contributed by atoms with Gasteiger partial charge < -0.3 is 14.4 Å². The molecule has 0 saturated carbocycles. The van der Waals surface area contributed by atoms with Crippen molar-refractivity contribution in [3.05, 3.63) is 58.9 Å². The molecule has 1 aliphatic heterocycles. The Kier molecular flexibility index (Phi) is 6.29. The van der Waals surface area contributed by atoms with Crippen molar-refractivity contribution in [1.82, 2.24) is 14.8 Å². The summed E-state index contributed by atoms with van der Waals surface area (Å²) >= 11 is 0. The number of carboxylic acid groups (broad SMARTS) is 1. The molecule has 0 aliphatic carbocycles. The van der Waals surface area contributed by atoms with Gasteiger partial charge in [0.15, 0.2) is 11.5 Å². The number of nitrogens with zero attached hydrogens (tertiary/aromatic N) is 3. The lowest BCUT2D eigenvalue weighted by Gasteiger charge is -2.32. The minimum atomic E-state index is -4.96. The number of alkyl halides is 3. The molecule has 36 heavy (non-hydrogen) atoms. The summed E-state index contributed by atoms with van der Waals surface area (Å²) in [6.07, 6.45) is -4.94. The van der Waals surface area contributed by atoms with E-state index in [2.05, 4.69) is 10.1 Å². The standard InChI is InChI=1S/C25H27BF3N3O4/c1-7-17-20(22(33)34)21(25(27,28)29)32(31-17)19-10-8-9-18(30-19)15-13-14(2)11-12-16(15)26-35-23(3,4)24(5,6)36-26/h8-13H,7H2,1-6H3,(H,33,34). The maximum atomic E-state index is 14.0. The van der Waals surface area contributed by atoms with Gasteiger partial charge in [-0.05, 0) is 58.6 Å². The average molecular weight is 501 g/mol. The molecule has 0 atom stereocenters. The summed E-state index contributed by atoms with van der Waals surface area (Å²) in [5, 5.41) is 13.5. The summed E-state index contributed by atoms with van der Waals surface area (Å²) in [5.41, 5.74) is -0.988. The SMILES string of the molecule is CCc1nn(-c2cccc(-c3cc(C)ccc3B3OC(C)(C)C(C)(C)O3)n2)c(C(F)(F)F)c1C(=O)O. The molecule has 4 rings (SSSR count). The van der Waals surface area contributed by atoms with Crippen LogP contribution in [0.15, 0.2) is 36.4 Å². The number of pyridine rings is 1. The third kappa shape index (κ3) is 4.41. The number of carbonyl (C=O) groups is 1. The Balaban J connectivity index is 1.88. The van der Waals surface area contributed by atoms with Crippen molar-refractivity contribution in [2.75, 3.05) is 0 Å². The lowest BCUT2D eigenvalue weighted by molar-refractivity contribution is -0.143. The van der Waals surface area contributed by atoms with Gasteiger partial charge in [0.1, 0.15) is 5.56 Å². The molecule has 2 aromatic heterocycles. The molecule has 0 amide bonds. The molecule has 1 fully saturated rings. The summed E-state index contributed by atoms with van der Waals surface area (Å²) in [5.74, 6) is -1.84. The van der Waals surface area contributed by atoms with Gasteiger partial charge in [-0.25, -0.2) is 14.5 Å². The zero-order valence-electron chi connectivity index (χ0n) is 20.9. The molecular weight excluding hydrogens is 474 g/mol. The van der Waals surface area contributed by atoms with Gasteiger partial charge >= 0.3 is 19.3 Å². The lowest BCUT2D eigenvalue weighted by atomic mass is 9.74. The highest BCUT2D eigenvalue weighted by atomic mass is 19.4. The first-order valence-corrected chi connectivity index (χ1v) is 11.5. The van der Waals surface area contributed by atoms with Gasteiger partial charge in [-0.15, -0.1) is 0 Å². The van der Waals surface area contributed by atoms with Gasteiger partial charge in [-0.2, -0.15) is 18.3 Å². The minimum absolute atomic E-state index is 0.0152. The van der Waals surface area contributed by atoms with E-state index in [1.54, 1.807) is 19.1 Å². The van der Waals surface area contributed by atoms with E-state index < -0.39 is 41.7 Å². The van der Waals surface area contributed by atoms with E-state index in [1.807, 2.05) is 52.8 Å². The van der Waals surface area contributed by atoms with Crippen LogP contribution in [-0.2, 0) is 21.9 Å². The molecule has 0 bridgehead atoms. The Morgan fingerprint density at radius 2 is 1.75 bits per heavy atom. The molecule has 0 unspecified atom stereocenters. The summed E-state index contributed by atoms with van der Waals surface area (Å²) in [6, 6.07) is 10.2. The molecule has 190 valence electrons. The number of halogens is 3. The molecule has 1 aliphatic rings. The number of carboxylic acids is 1. The highest BCUT2D eigenvalue weighted by molar-refractivity contribution is 6.63. The molecule has 3 aromatic rings. The first-order valence-electron chi connectivity index (χ1n) is 11.5. The van der Waals surface area contributed by atoms with E-state index in [4.69, 9.17) is 9.31 Å². The van der Waals surface area contributed by atoms with E-state index in [0.29, 0.717) is 21.4 Å². The Morgan fingerprint density at radius 1 is 1.11 bits per heavy atom. The molecule has 1 N–H and O–H groups in total. The first-order chi connectivity index (χ1) is 16.7. The molecule has 1 aromatic carbocycles. The summed E-state index contributed by atoms with van der Waals surface area (Å²) in [4.78, 5) is 16.2. The van der Waals surface area contributed by atoms with Crippen molar-refractivity contribution >= 4 is 18.6 Å². The van der Waals surface area contributed by atoms with Crippen LogP contribution >= 0.6 is 0 Å². The zero-order chi connectivity index (χ0) is 26.6. The molecular formula is C25H27BF3N3O4. The highest BCUT2D eigenvalue weighted by Crippen LogP contribution is 2.38. The van der Waals surface area contributed by atoms with E-state index in [1.165, 1.54) is 6.07 Å². The van der Waals surface area contributed by atoms with Crippen LogP contribution in [0.2, 0.25) is 0 Å². The molecule has 3 heterocycles. The molecule has 7 nitrogen and oxygen atoms in total. The number of benzene rings is 1. The fourth-order valence-corrected chi connectivity index (χ4v) is 4.12. The second-order valence-corrected chi connectivity index (χ2v) is 9.80. The quantitative estimate of drug-likeness (QED) is 0.505. The van der Waals surface area contributed by atoms with Crippen LogP contribution in [0.3, 0.4) is 0 Å². The smallest absolute Gasteiger partial charge is 0.478 e. The van der Waals surface area contributed by atoms with Gasteiger partial charge in [0, 0.05) is 5.56 Å². The van der Waals surface area contributed by atoms with Crippen LogP contribution in [-0.4, -0.2) is 44.2 Å². The van der Waals surface area contributed by atoms with Crippen LogP contribution in [0.1, 0.15) is 61.9 Å². The largest absolute Gasteiger partial charge is 0.495 e. The first kappa shape index (κ1) is 25.9. The third-order valence-corrected chi connectivity index (χ3v) is 6.72.